The zero-order valence-electron chi connectivity index (χ0n) is 15.1. The van der Waals surface area contributed by atoms with Gasteiger partial charge in [0.25, 0.3) is 6.29 Å². The molecule has 0 unspecified atom stereocenters. The fraction of sp³-hybridized carbons (Fsp3) is 0.263. The van der Waals surface area contributed by atoms with Crippen LogP contribution in [0, 0.1) is 0 Å². The SMILES string of the molecule is C[C@@H](NC(=O)O[C@H]1COc2cc(C(F)(F)F)ccc2O1)c1ccc2[nH]ncc2c1. The largest absolute Gasteiger partial charge is 0.482 e. The molecular formula is C19H16F3N3O4. The normalized spacial score (nSPS) is 17.0. The van der Waals surface area contributed by atoms with Gasteiger partial charge in [-0.3, -0.25) is 5.10 Å². The molecule has 29 heavy (non-hydrogen) atoms. The van der Waals surface area contributed by atoms with Crippen LogP contribution in [-0.2, 0) is 10.9 Å². The van der Waals surface area contributed by atoms with Gasteiger partial charge in [-0.25, -0.2) is 4.79 Å². The molecule has 0 radical (unpaired) electrons. The van der Waals surface area contributed by atoms with E-state index in [4.69, 9.17) is 14.2 Å². The van der Waals surface area contributed by atoms with Crippen LogP contribution in [0.2, 0.25) is 0 Å². The number of alkyl halides is 3. The molecule has 0 fully saturated rings. The Hall–Kier alpha value is -3.43. The van der Waals surface area contributed by atoms with Crippen LogP contribution in [0.25, 0.3) is 10.9 Å². The Morgan fingerprint density at radius 2 is 2.10 bits per heavy atom. The molecule has 2 heterocycles. The number of carbonyl (C=O) groups is 1. The average Bonchev–Trinajstić information content (AvgIpc) is 3.14. The summed E-state index contributed by atoms with van der Waals surface area (Å²) >= 11 is 0. The summed E-state index contributed by atoms with van der Waals surface area (Å²) in [6, 6.07) is 8.09. The van der Waals surface area contributed by atoms with Crippen molar-refractivity contribution in [3.63, 3.8) is 0 Å². The van der Waals surface area contributed by atoms with E-state index >= 15 is 0 Å². The number of nitrogens with zero attached hydrogens (tertiary/aromatic N) is 1. The van der Waals surface area contributed by atoms with Gasteiger partial charge in [-0.1, -0.05) is 6.07 Å². The molecule has 1 amide bonds. The van der Waals surface area contributed by atoms with Gasteiger partial charge < -0.3 is 19.5 Å². The van der Waals surface area contributed by atoms with Crippen molar-refractivity contribution < 1.29 is 32.2 Å². The van der Waals surface area contributed by atoms with Crippen molar-refractivity contribution >= 4 is 17.0 Å². The molecule has 1 aliphatic rings. The van der Waals surface area contributed by atoms with Crippen molar-refractivity contribution in [2.75, 3.05) is 6.61 Å². The summed E-state index contributed by atoms with van der Waals surface area (Å²) < 4.78 is 54.1. The lowest BCUT2D eigenvalue weighted by molar-refractivity contribution is -0.138. The number of ether oxygens (including phenoxy) is 3. The summed E-state index contributed by atoms with van der Waals surface area (Å²) in [6.07, 6.45) is -4.63. The number of aromatic amines is 1. The van der Waals surface area contributed by atoms with E-state index in [-0.39, 0.29) is 24.1 Å². The highest BCUT2D eigenvalue weighted by Gasteiger charge is 2.33. The number of alkyl carbamates (subject to hydrolysis) is 1. The number of H-pyrrole nitrogens is 1. The summed E-state index contributed by atoms with van der Waals surface area (Å²) in [5.74, 6) is 0.0161. The quantitative estimate of drug-likeness (QED) is 0.681. The van der Waals surface area contributed by atoms with Crippen molar-refractivity contribution in [3.8, 4) is 11.5 Å². The van der Waals surface area contributed by atoms with Crippen LogP contribution >= 0.6 is 0 Å². The molecule has 152 valence electrons. The number of carbonyl (C=O) groups excluding carboxylic acids is 1. The van der Waals surface area contributed by atoms with E-state index in [2.05, 4.69) is 15.5 Å². The number of amides is 1. The van der Waals surface area contributed by atoms with Gasteiger partial charge in [-0.2, -0.15) is 18.3 Å². The smallest absolute Gasteiger partial charge is 0.416 e. The van der Waals surface area contributed by atoms with Crippen LogP contribution in [0.5, 0.6) is 11.5 Å². The number of halogens is 3. The number of benzene rings is 2. The molecule has 10 heteroatoms. The van der Waals surface area contributed by atoms with Gasteiger partial charge in [0.2, 0.25) is 0 Å². The summed E-state index contributed by atoms with van der Waals surface area (Å²) in [5, 5.41) is 10.4. The summed E-state index contributed by atoms with van der Waals surface area (Å²) in [7, 11) is 0. The second-order valence-electron chi connectivity index (χ2n) is 6.51. The first-order chi connectivity index (χ1) is 13.8. The minimum absolute atomic E-state index is 0.0538. The van der Waals surface area contributed by atoms with Crippen molar-refractivity contribution in [3.05, 3.63) is 53.7 Å². The van der Waals surface area contributed by atoms with Crippen molar-refractivity contribution in [1.82, 2.24) is 15.5 Å². The predicted octanol–water partition coefficient (Wildman–Crippen LogP) is 4.17. The minimum Gasteiger partial charge on any atom is -0.482 e. The monoisotopic (exact) mass is 407 g/mol. The molecule has 0 bridgehead atoms. The maximum absolute atomic E-state index is 12.8. The van der Waals surface area contributed by atoms with Gasteiger partial charge in [0.1, 0.15) is 0 Å². The van der Waals surface area contributed by atoms with E-state index in [1.807, 2.05) is 18.2 Å². The molecule has 1 aromatic heterocycles. The fourth-order valence-corrected chi connectivity index (χ4v) is 2.93. The zero-order chi connectivity index (χ0) is 20.6. The summed E-state index contributed by atoms with van der Waals surface area (Å²) in [6.45, 7) is 1.56. The molecule has 1 aliphatic heterocycles. The second-order valence-corrected chi connectivity index (χ2v) is 6.51. The Labute approximate surface area is 162 Å². The third-order valence-corrected chi connectivity index (χ3v) is 4.44. The average molecular weight is 407 g/mol. The Bertz CT molecular complexity index is 1050. The highest BCUT2D eigenvalue weighted by atomic mass is 19.4. The molecule has 4 rings (SSSR count). The number of hydrogen-bond acceptors (Lipinski definition) is 5. The molecule has 0 spiro atoms. The van der Waals surface area contributed by atoms with E-state index in [9.17, 15) is 18.0 Å². The molecule has 2 N–H and O–H groups in total. The van der Waals surface area contributed by atoms with E-state index < -0.39 is 24.1 Å². The maximum atomic E-state index is 12.8. The van der Waals surface area contributed by atoms with Crippen molar-refractivity contribution in [2.45, 2.75) is 25.4 Å². The molecule has 3 aromatic rings. The standard InChI is InChI=1S/C19H16F3N3O4/c1-10(11-2-4-14-12(6-11)8-23-25-14)24-18(26)29-17-9-27-16-7-13(19(20,21)22)3-5-15(16)28-17/h2-8,10,17H,9H2,1H3,(H,23,25)(H,24,26)/t10-,17+/m1/s1. The van der Waals surface area contributed by atoms with Crippen molar-refractivity contribution in [2.24, 2.45) is 0 Å². The fourth-order valence-electron chi connectivity index (χ4n) is 2.93. The van der Waals surface area contributed by atoms with Gasteiger partial charge in [-0.15, -0.1) is 0 Å². The highest BCUT2D eigenvalue weighted by molar-refractivity contribution is 5.79. The number of fused-ring (bicyclic) bond motifs is 2. The van der Waals surface area contributed by atoms with Crippen LogP contribution in [0.1, 0.15) is 24.1 Å². The first-order valence-corrected chi connectivity index (χ1v) is 8.70. The van der Waals surface area contributed by atoms with Crippen LogP contribution in [-0.4, -0.2) is 29.2 Å². The molecule has 0 saturated heterocycles. The Kier molecular flexibility index (Phi) is 4.69. The summed E-state index contributed by atoms with van der Waals surface area (Å²) in [4.78, 5) is 12.2. The Morgan fingerprint density at radius 1 is 1.28 bits per heavy atom. The van der Waals surface area contributed by atoms with E-state index in [0.29, 0.717) is 0 Å². The first-order valence-electron chi connectivity index (χ1n) is 8.70. The van der Waals surface area contributed by atoms with Crippen LogP contribution in [0.15, 0.2) is 42.6 Å². The lowest BCUT2D eigenvalue weighted by Gasteiger charge is -2.27. The van der Waals surface area contributed by atoms with E-state index in [0.717, 1.165) is 34.7 Å². The number of nitrogens with one attached hydrogen (secondary N) is 2. The molecule has 0 aliphatic carbocycles. The van der Waals surface area contributed by atoms with Gasteiger partial charge in [0.15, 0.2) is 18.1 Å². The third-order valence-electron chi connectivity index (χ3n) is 4.44. The lowest BCUT2D eigenvalue weighted by Crippen LogP contribution is -2.38. The van der Waals surface area contributed by atoms with Crippen molar-refractivity contribution in [1.29, 1.82) is 0 Å². The topological polar surface area (TPSA) is 85.5 Å². The predicted molar refractivity (Wildman–Crippen MR) is 95.5 cm³/mol. The number of hydrogen-bond donors (Lipinski definition) is 2. The molecular weight excluding hydrogens is 391 g/mol. The van der Waals surface area contributed by atoms with Crippen LogP contribution in [0.4, 0.5) is 18.0 Å². The van der Waals surface area contributed by atoms with Gasteiger partial charge >= 0.3 is 12.3 Å². The van der Waals surface area contributed by atoms with E-state index in [1.165, 1.54) is 0 Å². The molecule has 7 nitrogen and oxygen atoms in total. The van der Waals surface area contributed by atoms with E-state index in [1.54, 1.807) is 13.1 Å². The number of aromatic nitrogens is 2. The third kappa shape index (κ3) is 4.05. The maximum Gasteiger partial charge on any atom is 0.416 e. The van der Waals surface area contributed by atoms with Gasteiger partial charge in [0, 0.05) is 5.39 Å². The minimum atomic E-state index is -4.48. The molecule has 2 aromatic carbocycles. The highest BCUT2D eigenvalue weighted by Crippen LogP contribution is 2.38. The molecule has 0 saturated carbocycles. The zero-order valence-corrected chi connectivity index (χ0v) is 15.1. The first kappa shape index (κ1) is 18.9. The Morgan fingerprint density at radius 3 is 2.90 bits per heavy atom. The van der Waals surface area contributed by atoms with Crippen LogP contribution in [0.3, 0.4) is 0 Å². The second kappa shape index (κ2) is 7.19. The summed E-state index contributed by atoms with van der Waals surface area (Å²) in [5.41, 5.74) is 0.880. The number of rotatable bonds is 3. The Balaban J connectivity index is 1.36. The molecule has 2 atom stereocenters. The van der Waals surface area contributed by atoms with Crippen LogP contribution < -0.4 is 14.8 Å². The lowest BCUT2D eigenvalue weighted by atomic mass is 10.1. The van der Waals surface area contributed by atoms with Gasteiger partial charge in [0.05, 0.1) is 23.3 Å². The van der Waals surface area contributed by atoms with Gasteiger partial charge in [-0.05, 0) is 42.8 Å².